The van der Waals surface area contributed by atoms with Crippen molar-refractivity contribution in [2.45, 2.75) is 40.2 Å². The van der Waals surface area contributed by atoms with Gasteiger partial charge in [-0.1, -0.05) is 20.8 Å². The van der Waals surface area contributed by atoms with Crippen LogP contribution in [0.25, 0.3) is 0 Å². The quantitative estimate of drug-likeness (QED) is 0.549. The van der Waals surface area contributed by atoms with Crippen LogP contribution in [0.3, 0.4) is 0 Å². The zero-order valence-electron chi connectivity index (χ0n) is 11.9. The van der Waals surface area contributed by atoms with Crippen molar-refractivity contribution in [3.05, 3.63) is 0 Å². The molecule has 0 saturated carbocycles. The standard InChI is InChI=1S/C11H24NO6P/c1-5-7-12-10(14)9(13)11(3,4)8-18-19(15,16)17-6-2/h9,13H,5-8H2,1-4H3,(H,12,14)(H,15,16). The molecule has 0 aliphatic heterocycles. The van der Waals surface area contributed by atoms with Gasteiger partial charge in [-0.2, -0.15) is 0 Å². The number of amides is 1. The molecule has 0 spiro atoms. The molecule has 0 aromatic carbocycles. The van der Waals surface area contributed by atoms with Crippen LogP contribution in [0.2, 0.25) is 0 Å². The van der Waals surface area contributed by atoms with E-state index in [2.05, 4.69) is 9.84 Å². The van der Waals surface area contributed by atoms with E-state index in [9.17, 15) is 19.4 Å². The molecule has 0 fully saturated rings. The summed E-state index contributed by atoms with van der Waals surface area (Å²) in [4.78, 5) is 20.9. The fourth-order valence-corrected chi connectivity index (χ4v) is 2.12. The van der Waals surface area contributed by atoms with E-state index in [1.54, 1.807) is 20.8 Å². The number of aliphatic hydroxyl groups excluding tert-OH is 1. The molecule has 0 aliphatic rings. The van der Waals surface area contributed by atoms with E-state index in [-0.39, 0.29) is 13.2 Å². The Balaban J connectivity index is 4.44. The zero-order chi connectivity index (χ0) is 15.1. The molecular weight excluding hydrogens is 273 g/mol. The highest BCUT2D eigenvalue weighted by molar-refractivity contribution is 7.47. The molecule has 7 nitrogen and oxygen atoms in total. The van der Waals surface area contributed by atoms with Gasteiger partial charge in [0.15, 0.2) is 0 Å². The number of nitrogens with one attached hydrogen (secondary N) is 1. The minimum atomic E-state index is -4.12. The highest BCUT2D eigenvalue weighted by atomic mass is 31.2. The smallest absolute Gasteiger partial charge is 0.383 e. The molecule has 1 amide bonds. The molecule has 0 aromatic heterocycles. The van der Waals surface area contributed by atoms with Gasteiger partial charge in [-0.05, 0) is 13.3 Å². The number of hydrogen-bond acceptors (Lipinski definition) is 5. The first-order valence-corrected chi connectivity index (χ1v) is 7.73. The van der Waals surface area contributed by atoms with Gasteiger partial charge in [0.2, 0.25) is 5.91 Å². The third-order valence-electron chi connectivity index (χ3n) is 2.43. The maximum Gasteiger partial charge on any atom is 0.472 e. The van der Waals surface area contributed by atoms with Crippen LogP contribution < -0.4 is 5.32 Å². The number of hydrogen-bond donors (Lipinski definition) is 3. The Bertz CT molecular complexity index is 333. The van der Waals surface area contributed by atoms with Crippen LogP contribution in [0.15, 0.2) is 0 Å². The van der Waals surface area contributed by atoms with Gasteiger partial charge < -0.3 is 15.3 Å². The summed E-state index contributed by atoms with van der Waals surface area (Å²) in [7, 11) is -4.12. The van der Waals surface area contributed by atoms with Crippen molar-refractivity contribution in [2.24, 2.45) is 5.41 Å². The molecule has 0 aromatic rings. The predicted octanol–water partition coefficient (Wildman–Crippen LogP) is 1.05. The molecule has 8 heteroatoms. The molecule has 3 N–H and O–H groups in total. The number of aliphatic hydroxyl groups is 1. The van der Waals surface area contributed by atoms with Crippen molar-refractivity contribution in [3.63, 3.8) is 0 Å². The fraction of sp³-hybridized carbons (Fsp3) is 0.909. The minimum Gasteiger partial charge on any atom is -0.383 e. The lowest BCUT2D eigenvalue weighted by Gasteiger charge is -2.29. The maximum atomic E-state index is 11.6. The van der Waals surface area contributed by atoms with E-state index in [1.165, 1.54) is 0 Å². The lowest BCUT2D eigenvalue weighted by Crippen LogP contribution is -2.46. The van der Waals surface area contributed by atoms with Gasteiger partial charge in [0.05, 0.1) is 13.2 Å². The van der Waals surface area contributed by atoms with Crippen LogP contribution in [0.1, 0.15) is 34.1 Å². The second kappa shape index (κ2) is 7.97. The molecule has 2 unspecified atom stereocenters. The third kappa shape index (κ3) is 7.03. The number of carbonyl (C=O) groups excluding carboxylic acids is 1. The second-order valence-corrected chi connectivity index (χ2v) is 6.30. The van der Waals surface area contributed by atoms with Crippen LogP contribution in [0, 0.1) is 5.41 Å². The van der Waals surface area contributed by atoms with Gasteiger partial charge in [0.1, 0.15) is 6.10 Å². The highest BCUT2D eigenvalue weighted by Crippen LogP contribution is 2.44. The van der Waals surface area contributed by atoms with E-state index in [0.29, 0.717) is 6.54 Å². The van der Waals surface area contributed by atoms with Gasteiger partial charge in [0, 0.05) is 12.0 Å². The summed E-state index contributed by atoms with van der Waals surface area (Å²) >= 11 is 0. The molecule has 0 saturated heterocycles. The fourth-order valence-electron chi connectivity index (χ4n) is 1.23. The van der Waals surface area contributed by atoms with Gasteiger partial charge in [0.25, 0.3) is 0 Å². The lowest BCUT2D eigenvalue weighted by molar-refractivity contribution is -0.136. The summed E-state index contributed by atoms with van der Waals surface area (Å²) < 4.78 is 20.6. The van der Waals surface area contributed by atoms with E-state index >= 15 is 0 Å². The molecule has 0 heterocycles. The number of rotatable bonds is 9. The summed E-state index contributed by atoms with van der Waals surface area (Å²) in [6.07, 6.45) is -0.577. The Kier molecular flexibility index (Phi) is 7.78. The summed E-state index contributed by atoms with van der Waals surface area (Å²) in [5.41, 5.74) is -1.01. The molecule has 0 aliphatic carbocycles. The summed E-state index contributed by atoms with van der Waals surface area (Å²) in [6.45, 7) is 6.80. The monoisotopic (exact) mass is 297 g/mol. The van der Waals surface area contributed by atoms with Crippen LogP contribution in [0.4, 0.5) is 0 Å². The van der Waals surface area contributed by atoms with Gasteiger partial charge in [-0.3, -0.25) is 13.8 Å². The largest absolute Gasteiger partial charge is 0.472 e. The van der Waals surface area contributed by atoms with Crippen LogP contribution >= 0.6 is 7.82 Å². The SMILES string of the molecule is CCCNC(=O)C(O)C(C)(C)COP(=O)(O)OCC. The van der Waals surface area contributed by atoms with Crippen LogP contribution in [0.5, 0.6) is 0 Å². The minimum absolute atomic E-state index is 0.0355. The number of carbonyl (C=O) groups is 1. The van der Waals surface area contributed by atoms with Crippen molar-refractivity contribution in [3.8, 4) is 0 Å². The molecule has 0 rings (SSSR count). The van der Waals surface area contributed by atoms with Crippen molar-refractivity contribution in [2.75, 3.05) is 19.8 Å². The normalized spacial score (nSPS) is 16.7. The lowest BCUT2D eigenvalue weighted by atomic mass is 9.87. The average molecular weight is 297 g/mol. The molecule has 19 heavy (non-hydrogen) atoms. The van der Waals surface area contributed by atoms with E-state index in [1.807, 2.05) is 6.92 Å². The Morgan fingerprint density at radius 1 is 1.37 bits per heavy atom. The first-order chi connectivity index (χ1) is 8.66. The number of phosphoric ester groups is 1. The Morgan fingerprint density at radius 2 is 1.95 bits per heavy atom. The molecule has 2 atom stereocenters. The summed E-state index contributed by atoms with van der Waals surface area (Å²) in [6, 6.07) is 0. The van der Waals surface area contributed by atoms with E-state index < -0.39 is 25.2 Å². The Labute approximate surface area is 113 Å². The first-order valence-electron chi connectivity index (χ1n) is 6.24. The molecule has 0 radical (unpaired) electrons. The topological polar surface area (TPSA) is 105 Å². The summed E-state index contributed by atoms with van der Waals surface area (Å²) in [5, 5.41) is 12.4. The van der Waals surface area contributed by atoms with Gasteiger partial charge in [-0.25, -0.2) is 4.57 Å². The Morgan fingerprint density at radius 3 is 2.42 bits per heavy atom. The van der Waals surface area contributed by atoms with E-state index in [0.717, 1.165) is 6.42 Å². The van der Waals surface area contributed by atoms with Gasteiger partial charge in [-0.15, -0.1) is 0 Å². The summed E-state index contributed by atoms with van der Waals surface area (Å²) in [5.74, 6) is -0.528. The maximum absolute atomic E-state index is 11.6. The number of phosphoric acid groups is 1. The van der Waals surface area contributed by atoms with Crippen molar-refractivity contribution < 1.29 is 28.4 Å². The highest BCUT2D eigenvalue weighted by Gasteiger charge is 2.36. The van der Waals surface area contributed by atoms with Crippen molar-refractivity contribution >= 4 is 13.7 Å². The molecule has 0 bridgehead atoms. The van der Waals surface area contributed by atoms with Crippen LogP contribution in [-0.4, -0.2) is 41.8 Å². The third-order valence-corrected chi connectivity index (χ3v) is 3.47. The van der Waals surface area contributed by atoms with E-state index in [4.69, 9.17) is 4.52 Å². The van der Waals surface area contributed by atoms with Gasteiger partial charge >= 0.3 is 7.82 Å². The molecular formula is C11H24NO6P. The average Bonchev–Trinajstić information content (AvgIpc) is 2.33. The Hall–Kier alpha value is -0.460. The predicted molar refractivity (Wildman–Crippen MR) is 70.5 cm³/mol. The molecule has 114 valence electrons. The zero-order valence-corrected chi connectivity index (χ0v) is 12.8. The van der Waals surface area contributed by atoms with Crippen molar-refractivity contribution in [1.29, 1.82) is 0 Å². The van der Waals surface area contributed by atoms with Crippen molar-refractivity contribution in [1.82, 2.24) is 5.32 Å². The van der Waals surface area contributed by atoms with Crippen LogP contribution in [-0.2, 0) is 18.4 Å². The first kappa shape index (κ1) is 18.5. The second-order valence-electron chi connectivity index (χ2n) is 4.84.